The molecule has 0 unspecified atom stereocenters. The second kappa shape index (κ2) is 7.96. The number of aromatic nitrogens is 1. The third-order valence-corrected chi connectivity index (χ3v) is 4.23. The van der Waals surface area contributed by atoms with Crippen LogP contribution in [0.3, 0.4) is 0 Å². The monoisotopic (exact) mass is 378 g/mol. The van der Waals surface area contributed by atoms with Gasteiger partial charge in [-0.15, -0.1) is 0 Å². The molecule has 0 saturated carbocycles. The topological polar surface area (TPSA) is 87.5 Å². The van der Waals surface area contributed by atoms with Crippen LogP contribution in [0.25, 0.3) is 0 Å². The molecule has 0 atom stereocenters. The second-order valence-corrected chi connectivity index (χ2v) is 6.71. The summed E-state index contributed by atoms with van der Waals surface area (Å²) in [4.78, 5) is 26.9. The number of amides is 2. The predicted octanol–water partition coefficient (Wildman–Crippen LogP) is 3.86. The Morgan fingerprint density at radius 3 is 2.43 bits per heavy atom. The highest BCUT2D eigenvalue weighted by Gasteiger charge is 2.14. The Bertz CT molecular complexity index is 1020. The first-order valence-corrected chi connectivity index (χ1v) is 8.77. The molecular formula is C21H22N4O3. The molecule has 2 N–H and O–H groups in total. The van der Waals surface area contributed by atoms with Crippen molar-refractivity contribution in [2.45, 2.75) is 13.8 Å². The van der Waals surface area contributed by atoms with Crippen molar-refractivity contribution in [3.63, 3.8) is 0 Å². The van der Waals surface area contributed by atoms with Crippen molar-refractivity contribution >= 4 is 28.9 Å². The van der Waals surface area contributed by atoms with Gasteiger partial charge in [-0.3, -0.25) is 9.59 Å². The van der Waals surface area contributed by atoms with E-state index < -0.39 is 5.91 Å². The third kappa shape index (κ3) is 4.37. The number of nitrogens with zero attached hydrogens (tertiary/aromatic N) is 2. The number of rotatable bonds is 5. The van der Waals surface area contributed by atoms with Gasteiger partial charge in [0.05, 0.1) is 0 Å². The van der Waals surface area contributed by atoms with Crippen LogP contribution in [0.2, 0.25) is 0 Å². The zero-order valence-electron chi connectivity index (χ0n) is 16.2. The molecule has 0 aliphatic carbocycles. The van der Waals surface area contributed by atoms with Crippen molar-refractivity contribution in [2.24, 2.45) is 0 Å². The van der Waals surface area contributed by atoms with Crippen molar-refractivity contribution in [3.8, 4) is 0 Å². The Labute approximate surface area is 163 Å². The van der Waals surface area contributed by atoms with Crippen LogP contribution in [-0.2, 0) is 0 Å². The van der Waals surface area contributed by atoms with Crippen molar-refractivity contribution < 1.29 is 14.1 Å². The lowest BCUT2D eigenvalue weighted by molar-refractivity contribution is 0.101. The quantitative estimate of drug-likeness (QED) is 0.704. The maximum Gasteiger partial charge on any atom is 0.277 e. The van der Waals surface area contributed by atoms with Crippen LogP contribution in [0.1, 0.15) is 32.2 Å². The van der Waals surface area contributed by atoms with Gasteiger partial charge in [-0.05, 0) is 49.7 Å². The molecule has 3 aromatic rings. The molecule has 144 valence electrons. The van der Waals surface area contributed by atoms with Gasteiger partial charge in [-0.2, -0.15) is 0 Å². The van der Waals surface area contributed by atoms with Gasteiger partial charge < -0.3 is 20.1 Å². The summed E-state index contributed by atoms with van der Waals surface area (Å²) in [7, 11) is 3.87. The molecule has 0 aliphatic heterocycles. The average Bonchev–Trinajstić information content (AvgIpc) is 3.10. The standard InChI is InChI=1S/C21H22N4O3/c1-13-8-9-15(11-18(13)23-21(27)19-10-14(2)28-24-19)20(26)22-16-6-5-7-17(12-16)25(3)4/h5-12H,1-4H3,(H,22,26)(H,23,27). The number of carbonyl (C=O) groups is 2. The molecule has 1 heterocycles. The molecule has 0 saturated heterocycles. The Balaban J connectivity index is 1.77. The molecule has 0 fully saturated rings. The molecule has 0 radical (unpaired) electrons. The summed E-state index contributed by atoms with van der Waals surface area (Å²) < 4.78 is 4.93. The van der Waals surface area contributed by atoms with Gasteiger partial charge in [0.15, 0.2) is 5.69 Å². The van der Waals surface area contributed by atoms with E-state index in [0.29, 0.717) is 22.7 Å². The smallest absolute Gasteiger partial charge is 0.277 e. The normalized spacial score (nSPS) is 10.4. The van der Waals surface area contributed by atoms with Crippen LogP contribution in [0, 0.1) is 13.8 Å². The Kier molecular flexibility index (Phi) is 5.44. The Morgan fingerprint density at radius 1 is 0.964 bits per heavy atom. The molecule has 0 aliphatic rings. The van der Waals surface area contributed by atoms with Gasteiger partial charge in [-0.1, -0.05) is 17.3 Å². The number of aryl methyl sites for hydroxylation is 2. The van der Waals surface area contributed by atoms with Gasteiger partial charge in [0.25, 0.3) is 11.8 Å². The van der Waals surface area contributed by atoms with Crippen molar-refractivity contribution in [2.75, 3.05) is 29.6 Å². The van der Waals surface area contributed by atoms with Crippen LogP contribution in [0.5, 0.6) is 0 Å². The number of hydrogen-bond donors (Lipinski definition) is 2. The van der Waals surface area contributed by atoms with E-state index >= 15 is 0 Å². The van der Waals surface area contributed by atoms with E-state index in [2.05, 4.69) is 15.8 Å². The van der Waals surface area contributed by atoms with E-state index in [0.717, 1.165) is 11.3 Å². The van der Waals surface area contributed by atoms with E-state index in [9.17, 15) is 9.59 Å². The van der Waals surface area contributed by atoms with Crippen LogP contribution >= 0.6 is 0 Å². The molecular weight excluding hydrogens is 356 g/mol. The fourth-order valence-corrected chi connectivity index (χ4v) is 2.62. The van der Waals surface area contributed by atoms with Gasteiger partial charge in [0, 0.05) is 42.8 Å². The van der Waals surface area contributed by atoms with Crippen LogP contribution < -0.4 is 15.5 Å². The first-order valence-electron chi connectivity index (χ1n) is 8.77. The molecule has 7 nitrogen and oxygen atoms in total. The maximum atomic E-state index is 12.7. The highest BCUT2D eigenvalue weighted by molar-refractivity contribution is 6.07. The van der Waals surface area contributed by atoms with E-state index in [1.165, 1.54) is 0 Å². The summed E-state index contributed by atoms with van der Waals surface area (Å²) in [6.07, 6.45) is 0. The summed E-state index contributed by atoms with van der Waals surface area (Å²) >= 11 is 0. The maximum absolute atomic E-state index is 12.7. The predicted molar refractivity (Wildman–Crippen MR) is 109 cm³/mol. The molecule has 7 heteroatoms. The zero-order chi connectivity index (χ0) is 20.3. The largest absolute Gasteiger partial charge is 0.378 e. The lowest BCUT2D eigenvalue weighted by atomic mass is 10.1. The third-order valence-electron chi connectivity index (χ3n) is 4.23. The summed E-state index contributed by atoms with van der Waals surface area (Å²) in [5.74, 6) is -0.102. The van der Waals surface area contributed by atoms with E-state index in [-0.39, 0.29) is 11.6 Å². The Morgan fingerprint density at radius 2 is 1.75 bits per heavy atom. The van der Waals surface area contributed by atoms with Crippen molar-refractivity contribution in [1.82, 2.24) is 5.16 Å². The Hall–Kier alpha value is -3.61. The molecule has 0 bridgehead atoms. The van der Waals surface area contributed by atoms with Gasteiger partial charge in [0.1, 0.15) is 5.76 Å². The number of benzene rings is 2. The molecule has 1 aromatic heterocycles. The number of anilines is 3. The number of hydrogen-bond acceptors (Lipinski definition) is 5. The molecule has 2 aromatic carbocycles. The second-order valence-electron chi connectivity index (χ2n) is 6.71. The highest BCUT2D eigenvalue weighted by Crippen LogP contribution is 2.21. The minimum absolute atomic E-state index is 0.187. The molecule has 2 amide bonds. The van der Waals surface area contributed by atoms with Gasteiger partial charge in [-0.25, -0.2) is 0 Å². The average molecular weight is 378 g/mol. The fraction of sp³-hybridized carbons (Fsp3) is 0.190. The lowest BCUT2D eigenvalue weighted by Crippen LogP contribution is -2.16. The summed E-state index contributed by atoms with van der Waals surface area (Å²) in [6, 6.07) is 14.3. The van der Waals surface area contributed by atoms with Crippen molar-refractivity contribution in [3.05, 3.63) is 71.1 Å². The molecule has 3 rings (SSSR count). The molecule has 0 spiro atoms. The SMILES string of the molecule is Cc1cc(C(=O)Nc2cc(C(=O)Nc3cccc(N(C)C)c3)ccc2C)no1. The lowest BCUT2D eigenvalue weighted by Gasteiger charge is -2.14. The van der Waals surface area contributed by atoms with Crippen LogP contribution in [0.15, 0.2) is 53.1 Å². The summed E-state index contributed by atoms with van der Waals surface area (Å²) in [5.41, 5.74) is 3.68. The zero-order valence-corrected chi connectivity index (χ0v) is 16.2. The van der Waals surface area contributed by atoms with E-state index in [1.807, 2.05) is 50.2 Å². The number of nitrogens with one attached hydrogen (secondary N) is 2. The minimum atomic E-state index is -0.392. The summed E-state index contributed by atoms with van der Waals surface area (Å²) in [6.45, 7) is 3.57. The van der Waals surface area contributed by atoms with Gasteiger partial charge >= 0.3 is 0 Å². The van der Waals surface area contributed by atoms with Gasteiger partial charge in [0.2, 0.25) is 0 Å². The van der Waals surface area contributed by atoms with Crippen LogP contribution in [0.4, 0.5) is 17.1 Å². The first kappa shape index (κ1) is 19.2. The fourth-order valence-electron chi connectivity index (χ4n) is 2.62. The highest BCUT2D eigenvalue weighted by atomic mass is 16.5. The summed E-state index contributed by atoms with van der Waals surface area (Å²) in [5, 5.41) is 9.36. The minimum Gasteiger partial charge on any atom is -0.378 e. The van der Waals surface area contributed by atoms with E-state index in [4.69, 9.17) is 4.52 Å². The first-order chi connectivity index (χ1) is 13.3. The number of carbonyl (C=O) groups excluding carboxylic acids is 2. The van der Waals surface area contributed by atoms with E-state index in [1.54, 1.807) is 31.2 Å². The van der Waals surface area contributed by atoms with Crippen LogP contribution in [-0.4, -0.2) is 31.1 Å². The van der Waals surface area contributed by atoms with Crippen molar-refractivity contribution in [1.29, 1.82) is 0 Å². The molecule has 28 heavy (non-hydrogen) atoms.